The third-order valence-electron chi connectivity index (χ3n) is 2.70. The maximum absolute atomic E-state index is 6.10. The topological polar surface area (TPSA) is 95.7 Å². The molecule has 0 aliphatic rings. The van der Waals surface area contributed by atoms with Crippen molar-refractivity contribution in [3.63, 3.8) is 0 Å². The fourth-order valence-corrected chi connectivity index (χ4v) is 2.63. The van der Waals surface area contributed by atoms with Crippen LogP contribution in [0, 0.1) is 0 Å². The Morgan fingerprint density at radius 2 is 2.21 bits per heavy atom. The molecule has 0 spiro atoms. The van der Waals surface area contributed by atoms with Gasteiger partial charge >= 0.3 is 0 Å². The highest BCUT2D eigenvalue weighted by Gasteiger charge is 2.20. The van der Waals surface area contributed by atoms with Gasteiger partial charge in [0.25, 0.3) is 0 Å². The molecule has 0 amide bonds. The van der Waals surface area contributed by atoms with E-state index in [2.05, 4.69) is 40.8 Å². The Balaban J connectivity index is 2.38. The second-order valence-corrected chi connectivity index (χ2v) is 4.95. The van der Waals surface area contributed by atoms with Gasteiger partial charge in [-0.1, -0.05) is 11.6 Å². The van der Waals surface area contributed by atoms with Crippen molar-refractivity contribution in [3.8, 4) is 11.5 Å². The van der Waals surface area contributed by atoms with Crippen LogP contribution in [0.3, 0.4) is 0 Å². The molecule has 0 bridgehead atoms. The maximum Gasteiger partial charge on any atom is 0.199 e. The largest absolute Gasteiger partial charge is 0.379 e. The lowest BCUT2D eigenvalue weighted by atomic mass is 10.4. The molecule has 0 fully saturated rings. The van der Waals surface area contributed by atoms with Crippen LogP contribution >= 0.6 is 27.5 Å². The third-order valence-corrected chi connectivity index (χ3v) is 3.37. The van der Waals surface area contributed by atoms with Gasteiger partial charge < -0.3 is 10.3 Å². The molecule has 2 N–H and O–H groups in total. The predicted octanol–water partition coefficient (Wildman–Crippen LogP) is 2.50. The van der Waals surface area contributed by atoms with Crippen LogP contribution in [0.5, 0.6) is 0 Å². The summed E-state index contributed by atoms with van der Waals surface area (Å²) in [5.41, 5.74) is 7.53. The Kier molecular flexibility index (Phi) is 2.90. The molecule has 7 nitrogen and oxygen atoms in total. The highest BCUT2D eigenvalue weighted by atomic mass is 79.9. The molecule has 0 saturated heterocycles. The summed E-state index contributed by atoms with van der Waals surface area (Å²) in [5.74, 6) is 0.742. The second-order valence-electron chi connectivity index (χ2n) is 3.78. The van der Waals surface area contributed by atoms with Crippen molar-refractivity contribution >= 4 is 44.4 Å². The molecule has 0 aliphatic heterocycles. The zero-order chi connectivity index (χ0) is 13.6. The summed E-state index contributed by atoms with van der Waals surface area (Å²) < 4.78 is 7.17. The lowest BCUT2D eigenvalue weighted by molar-refractivity contribution is 0.310. The number of nitrogen functional groups attached to an aromatic ring is 1. The van der Waals surface area contributed by atoms with E-state index in [9.17, 15) is 0 Å². The summed E-state index contributed by atoms with van der Waals surface area (Å²) in [5, 5.41) is 7.64. The first-order valence-corrected chi connectivity index (χ1v) is 6.59. The SMILES string of the molecule is CCn1c(-c2nonc2N)nc2c(Cl)nc(Br)cc21. The molecule has 19 heavy (non-hydrogen) atoms. The first-order valence-electron chi connectivity index (χ1n) is 5.42. The number of imidazole rings is 1. The number of anilines is 1. The van der Waals surface area contributed by atoms with Crippen molar-refractivity contribution < 1.29 is 4.63 Å². The molecule has 98 valence electrons. The molecule has 0 unspecified atom stereocenters. The zero-order valence-corrected chi connectivity index (χ0v) is 12.1. The van der Waals surface area contributed by atoms with Crippen LogP contribution in [0.25, 0.3) is 22.6 Å². The summed E-state index contributed by atoms with van der Waals surface area (Å²) in [6.45, 7) is 2.65. The number of rotatable bonds is 2. The average molecular weight is 344 g/mol. The van der Waals surface area contributed by atoms with E-state index in [1.807, 2.05) is 17.6 Å². The van der Waals surface area contributed by atoms with Gasteiger partial charge in [-0.25, -0.2) is 14.6 Å². The van der Waals surface area contributed by atoms with Crippen LogP contribution in [0.15, 0.2) is 15.3 Å². The normalized spacial score (nSPS) is 11.3. The molecule has 0 atom stereocenters. The molecular weight excluding hydrogens is 336 g/mol. The van der Waals surface area contributed by atoms with Crippen LogP contribution in [-0.2, 0) is 6.54 Å². The number of hydrogen-bond donors (Lipinski definition) is 1. The van der Waals surface area contributed by atoms with Crippen LogP contribution in [-0.4, -0.2) is 24.8 Å². The summed E-state index contributed by atoms with van der Waals surface area (Å²) in [6.07, 6.45) is 0. The zero-order valence-electron chi connectivity index (χ0n) is 9.76. The van der Waals surface area contributed by atoms with E-state index >= 15 is 0 Å². The van der Waals surface area contributed by atoms with Gasteiger partial charge in [-0.05, 0) is 39.2 Å². The summed E-state index contributed by atoms with van der Waals surface area (Å²) in [6, 6.07) is 1.84. The van der Waals surface area contributed by atoms with Crippen molar-refractivity contribution in [1.82, 2.24) is 24.8 Å². The van der Waals surface area contributed by atoms with Crippen molar-refractivity contribution in [2.45, 2.75) is 13.5 Å². The minimum Gasteiger partial charge on any atom is -0.379 e. The van der Waals surface area contributed by atoms with Crippen LogP contribution in [0.4, 0.5) is 5.82 Å². The average Bonchev–Trinajstić information content (AvgIpc) is 2.92. The highest BCUT2D eigenvalue weighted by Crippen LogP contribution is 2.30. The van der Waals surface area contributed by atoms with Crippen molar-refractivity contribution in [1.29, 1.82) is 0 Å². The van der Waals surface area contributed by atoms with Crippen molar-refractivity contribution in [3.05, 3.63) is 15.8 Å². The molecule has 0 saturated carbocycles. The van der Waals surface area contributed by atoms with Gasteiger partial charge in [-0.15, -0.1) is 0 Å². The second kappa shape index (κ2) is 4.46. The summed E-state index contributed by atoms with van der Waals surface area (Å²) >= 11 is 9.41. The summed E-state index contributed by atoms with van der Waals surface area (Å²) in [7, 11) is 0. The van der Waals surface area contributed by atoms with Gasteiger partial charge in [0.15, 0.2) is 22.5 Å². The van der Waals surface area contributed by atoms with E-state index in [0.717, 1.165) is 5.52 Å². The summed E-state index contributed by atoms with van der Waals surface area (Å²) in [4.78, 5) is 8.54. The van der Waals surface area contributed by atoms with E-state index < -0.39 is 0 Å². The number of fused-ring (bicyclic) bond motifs is 1. The molecule has 3 heterocycles. The molecule has 0 radical (unpaired) electrons. The highest BCUT2D eigenvalue weighted by molar-refractivity contribution is 9.10. The Morgan fingerprint density at radius 1 is 1.42 bits per heavy atom. The number of nitrogens with two attached hydrogens (primary N) is 1. The third kappa shape index (κ3) is 1.87. The van der Waals surface area contributed by atoms with Crippen LogP contribution < -0.4 is 5.73 Å². The molecule has 3 aromatic heterocycles. The Morgan fingerprint density at radius 3 is 2.84 bits per heavy atom. The number of nitrogens with zero attached hydrogens (tertiary/aromatic N) is 5. The maximum atomic E-state index is 6.10. The fraction of sp³-hybridized carbons (Fsp3) is 0.200. The van der Waals surface area contributed by atoms with Gasteiger partial charge in [0.2, 0.25) is 0 Å². The van der Waals surface area contributed by atoms with E-state index in [1.165, 1.54) is 0 Å². The molecule has 9 heteroatoms. The van der Waals surface area contributed by atoms with Crippen molar-refractivity contribution in [2.24, 2.45) is 0 Å². The van der Waals surface area contributed by atoms with Crippen LogP contribution in [0.1, 0.15) is 6.92 Å². The van der Waals surface area contributed by atoms with Crippen LogP contribution in [0.2, 0.25) is 5.15 Å². The fourth-order valence-electron chi connectivity index (χ4n) is 1.91. The van der Waals surface area contributed by atoms with E-state index in [0.29, 0.717) is 33.3 Å². The van der Waals surface area contributed by atoms with E-state index in [4.69, 9.17) is 17.3 Å². The quantitative estimate of drug-likeness (QED) is 0.718. The van der Waals surface area contributed by atoms with E-state index in [-0.39, 0.29) is 5.82 Å². The number of aromatic nitrogens is 5. The number of halogens is 2. The lowest BCUT2D eigenvalue weighted by Crippen LogP contribution is -2.00. The van der Waals surface area contributed by atoms with Crippen molar-refractivity contribution in [2.75, 3.05) is 5.73 Å². The number of hydrogen-bond acceptors (Lipinski definition) is 6. The van der Waals surface area contributed by atoms with Gasteiger partial charge in [-0.2, -0.15) is 0 Å². The molecular formula is C10H8BrClN6O. The lowest BCUT2D eigenvalue weighted by Gasteiger charge is -2.03. The van der Waals surface area contributed by atoms with Gasteiger partial charge in [0.1, 0.15) is 10.1 Å². The smallest absolute Gasteiger partial charge is 0.199 e. The molecule has 0 aliphatic carbocycles. The Bertz CT molecular complexity index is 767. The molecule has 3 rings (SSSR count). The minimum absolute atomic E-state index is 0.188. The van der Waals surface area contributed by atoms with Gasteiger partial charge in [0.05, 0.1) is 5.52 Å². The van der Waals surface area contributed by atoms with E-state index in [1.54, 1.807) is 0 Å². The first kappa shape index (κ1) is 12.4. The molecule has 0 aromatic carbocycles. The Hall–Kier alpha value is -1.67. The first-order chi connectivity index (χ1) is 9.11. The molecule has 3 aromatic rings. The minimum atomic E-state index is 0.188. The van der Waals surface area contributed by atoms with Gasteiger partial charge in [-0.3, -0.25) is 0 Å². The number of aryl methyl sites for hydroxylation is 1. The number of pyridine rings is 1. The van der Waals surface area contributed by atoms with Gasteiger partial charge in [0, 0.05) is 6.54 Å². The predicted molar refractivity (Wildman–Crippen MR) is 73.6 cm³/mol. The monoisotopic (exact) mass is 342 g/mol. The standard InChI is InChI=1S/C10H8BrClN6O/c1-2-18-4-3-5(11)14-8(12)6(4)15-10(18)7-9(13)17-19-16-7/h3H,2H2,1H3,(H2,13,17). The Labute approximate surface area is 120 Å².